The maximum Gasteiger partial charge on any atom is 0.152 e. The summed E-state index contributed by atoms with van der Waals surface area (Å²) in [5.41, 5.74) is 9.12. The maximum absolute atomic E-state index is 6.28. The highest BCUT2D eigenvalue weighted by Gasteiger charge is 2.21. The van der Waals surface area contributed by atoms with Gasteiger partial charge in [0.1, 0.15) is 5.52 Å². The Balaban J connectivity index is 1.96. The summed E-state index contributed by atoms with van der Waals surface area (Å²) >= 11 is 3.59. The van der Waals surface area contributed by atoms with E-state index in [1.165, 1.54) is 25.7 Å². The summed E-state index contributed by atoms with van der Waals surface area (Å²) in [6.07, 6.45) is 7.46. The van der Waals surface area contributed by atoms with Crippen LogP contribution in [0.2, 0.25) is 0 Å². The number of hydrogen-bond acceptors (Lipinski definition) is 3. The van der Waals surface area contributed by atoms with Crippen LogP contribution in [-0.2, 0) is 7.05 Å². The van der Waals surface area contributed by atoms with E-state index in [1.54, 1.807) is 0 Å². The molecule has 0 aromatic carbocycles. The number of aromatic nitrogens is 2. The van der Waals surface area contributed by atoms with E-state index >= 15 is 0 Å². The number of anilines is 2. The van der Waals surface area contributed by atoms with E-state index in [0.29, 0.717) is 0 Å². The number of aryl methyl sites for hydroxylation is 1. The summed E-state index contributed by atoms with van der Waals surface area (Å²) in [6, 6.07) is 2.04. The molecule has 0 saturated heterocycles. The molecule has 1 aliphatic rings. The molecule has 1 fully saturated rings. The summed E-state index contributed by atoms with van der Waals surface area (Å²) in [6.45, 7) is 4.20. The third kappa shape index (κ3) is 2.76. The Morgan fingerprint density at radius 3 is 2.81 bits per heavy atom. The molecule has 2 N–H and O–H groups in total. The summed E-state index contributed by atoms with van der Waals surface area (Å²) in [7, 11) is 2.02. The van der Waals surface area contributed by atoms with Crippen molar-refractivity contribution in [2.24, 2.45) is 13.0 Å². The van der Waals surface area contributed by atoms with E-state index in [-0.39, 0.29) is 0 Å². The zero-order valence-electron chi connectivity index (χ0n) is 12.8. The lowest BCUT2D eigenvalue weighted by molar-refractivity contribution is 0.534. The molecule has 0 amide bonds. The van der Waals surface area contributed by atoms with Gasteiger partial charge in [-0.25, -0.2) is 4.98 Å². The van der Waals surface area contributed by atoms with Crippen molar-refractivity contribution < 1.29 is 0 Å². The quantitative estimate of drug-likeness (QED) is 0.908. The van der Waals surface area contributed by atoms with Gasteiger partial charge < -0.3 is 15.2 Å². The smallest absolute Gasteiger partial charge is 0.152 e. The fourth-order valence-corrected chi connectivity index (χ4v) is 3.98. The van der Waals surface area contributed by atoms with Gasteiger partial charge in [-0.05, 0) is 47.7 Å². The van der Waals surface area contributed by atoms with Crippen LogP contribution in [0.15, 0.2) is 16.7 Å². The van der Waals surface area contributed by atoms with E-state index in [0.717, 1.165) is 46.0 Å². The average Bonchev–Trinajstić information content (AvgIpc) is 3.05. The van der Waals surface area contributed by atoms with Gasteiger partial charge in [-0.2, -0.15) is 0 Å². The second kappa shape index (κ2) is 5.87. The zero-order chi connectivity index (χ0) is 15.0. The topological polar surface area (TPSA) is 47.1 Å². The van der Waals surface area contributed by atoms with Crippen LogP contribution in [-0.4, -0.2) is 22.6 Å². The first-order valence-electron chi connectivity index (χ1n) is 7.76. The van der Waals surface area contributed by atoms with Crippen LogP contribution in [0.25, 0.3) is 11.0 Å². The van der Waals surface area contributed by atoms with Crippen LogP contribution in [0.4, 0.5) is 11.5 Å². The maximum atomic E-state index is 6.28. The Morgan fingerprint density at radius 1 is 1.43 bits per heavy atom. The van der Waals surface area contributed by atoms with Gasteiger partial charge in [0.2, 0.25) is 0 Å². The molecule has 0 aliphatic heterocycles. The second-order valence-corrected chi connectivity index (χ2v) is 6.90. The molecule has 5 heteroatoms. The van der Waals surface area contributed by atoms with Gasteiger partial charge in [0.15, 0.2) is 5.82 Å². The molecule has 114 valence electrons. The van der Waals surface area contributed by atoms with Gasteiger partial charge in [-0.15, -0.1) is 0 Å². The zero-order valence-corrected chi connectivity index (χ0v) is 14.4. The molecule has 1 saturated carbocycles. The highest BCUT2D eigenvalue weighted by molar-refractivity contribution is 9.10. The van der Waals surface area contributed by atoms with Gasteiger partial charge >= 0.3 is 0 Å². The van der Waals surface area contributed by atoms with Crippen molar-refractivity contribution in [3.8, 4) is 0 Å². The first-order chi connectivity index (χ1) is 10.1. The number of nitrogens with two attached hydrogens (primary N) is 1. The Kier molecular flexibility index (Phi) is 4.11. The molecular weight excluding hydrogens is 328 g/mol. The minimum Gasteiger partial charge on any atom is -0.396 e. The van der Waals surface area contributed by atoms with Crippen LogP contribution in [0.3, 0.4) is 0 Å². The van der Waals surface area contributed by atoms with Crippen molar-refractivity contribution in [3.63, 3.8) is 0 Å². The molecule has 2 aromatic heterocycles. The first-order valence-corrected chi connectivity index (χ1v) is 8.55. The summed E-state index contributed by atoms with van der Waals surface area (Å²) in [4.78, 5) is 7.18. The molecule has 2 heterocycles. The fourth-order valence-electron chi connectivity index (χ4n) is 3.38. The average molecular weight is 351 g/mol. The summed E-state index contributed by atoms with van der Waals surface area (Å²) in [5, 5.41) is 0. The monoisotopic (exact) mass is 350 g/mol. The summed E-state index contributed by atoms with van der Waals surface area (Å²) < 4.78 is 3.08. The fraction of sp³-hybridized carbons (Fsp3) is 0.562. The molecule has 0 spiro atoms. The van der Waals surface area contributed by atoms with Crippen LogP contribution in [0.1, 0.15) is 32.6 Å². The molecule has 1 aliphatic carbocycles. The molecule has 4 nitrogen and oxygen atoms in total. The van der Waals surface area contributed by atoms with Gasteiger partial charge in [0.05, 0.1) is 15.7 Å². The number of hydrogen-bond donors (Lipinski definition) is 1. The lowest BCUT2D eigenvalue weighted by Crippen LogP contribution is -2.29. The van der Waals surface area contributed by atoms with Gasteiger partial charge in [-0.1, -0.05) is 12.8 Å². The number of nitrogens with zero attached hydrogens (tertiary/aromatic N) is 3. The van der Waals surface area contributed by atoms with Crippen molar-refractivity contribution in [2.45, 2.75) is 32.6 Å². The SMILES string of the molecule is CCN(CC1CCCC1)c1nc2c(Br)cn(C)c2cc1N. The highest BCUT2D eigenvalue weighted by Crippen LogP contribution is 2.33. The van der Waals surface area contributed by atoms with Crippen LogP contribution >= 0.6 is 15.9 Å². The Morgan fingerprint density at radius 2 is 2.14 bits per heavy atom. The Bertz CT molecular complexity index is 643. The normalized spacial score (nSPS) is 16.0. The van der Waals surface area contributed by atoms with Crippen molar-refractivity contribution in [1.29, 1.82) is 0 Å². The number of nitrogen functional groups attached to an aromatic ring is 1. The third-order valence-electron chi connectivity index (χ3n) is 4.56. The minimum atomic E-state index is 0.774. The van der Waals surface area contributed by atoms with Gasteiger partial charge in [0.25, 0.3) is 0 Å². The molecule has 21 heavy (non-hydrogen) atoms. The lowest BCUT2D eigenvalue weighted by atomic mass is 10.1. The minimum absolute atomic E-state index is 0.774. The highest BCUT2D eigenvalue weighted by atomic mass is 79.9. The van der Waals surface area contributed by atoms with Crippen molar-refractivity contribution in [2.75, 3.05) is 23.7 Å². The van der Waals surface area contributed by atoms with E-state index in [4.69, 9.17) is 10.7 Å². The Labute approximate surface area is 134 Å². The third-order valence-corrected chi connectivity index (χ3v) is 5.14. The molecule has 2 aromatic rings. The van der Waals surface area contributed by atoms with Crippen molar-refractivity contribution >= 4 is 38.5 Å². The molecule has 3 rings (SSSR count). The van der Waals surface area contributed by atoms with Crippen molar-refractivity contribution in [1.82, 2.24) is 9.55 Å². The van der Waals surface area contributed by atoms with E-state index in [2.05, 4.69) is 32.3 Å². The lowest BCUT2D eigenvalue weighted by Gasteiger charge is -2.26. The standard InChI is InChI=1S/C16H23BrN4/c1-3-21(9-11-6-4-5-7-11)16-13(18)8-14-15(19-16)12(17)10-20(14)2/h8,10-11H,3-7,9,18H2,1-2H3. The molecule has 0 unspecified atom stereocenters. The van der Waals surface area contributed by atoms with Gasteiger partial charge in [-0.3, -0.25) is 0 Å². The number of rotatable bonds is 4. The van der Waals surface area contributed by atoms with Crippen LogP contribution in [0, 0.1) is 5.92 Å². The number of fused-ring (bicyclic) bond motifs is 1. The largest absolute Gasteiger partial charge is 0.396 e. The van der Waals surface area contributed by atoms with Gasteiger partial charge in [0, 0.05) is 26.3 Å². The number of pyridine rings is 1. The molecule has 0 atom stereocenters. The first kappa shape index (κ1) is 14.7. The molecule has 0 radical (unpaired) electrons. The van der Waals surface area contributed by atoms with Crippen LogP contribution in [0.5, 0.6) is 0 Å². The van der Waals surface area contributed by atoms with E-state index in [1.807, 2.05) is 19.3 Å². The van der Waals surface area contributed by atoms with Crippen molar-refractivity contribution in [3.05, 3.63) is 16.7 Å². The van der Waals surface area contributed by atoms with Crippen LogP contribution < -0.4 is 10.6 Å². The second-order valence-electron chi connectivity index (χ2n) is 6.05. The predicted molar refractivity (Wildman–Crippen MR) is 92.7 cm³/mol. The Hall–Kier alpha value is -1.23. The summed E-state index contributed by atoms with van der Waals surface area (Å²) in [5.74, 6) is 1.73. The number of halogens is 1. The van der Waals surface area contributed by atoms with E-state index in [9.17, 15) is 0 Å². The van der Waals surface area contributed by atoms with E-state index < -0.39 is 0 Å². The molecule has 0 bridgehead atoms. The molecular formula is C16H23BrN4. The predicted octanol–water partition coefficient (Wildman–Crippen LogP) is 3.93.